The molecular weight excluding hydrogens is 254 g/mol. The zero-order chi connectivity index (χ0) is 14.1. The van der Waals surface area contributed by atoms with Gasteiger partial charge in [0, 0.05) is 18.4 Å². The number of hydrogen-bond acceptors (Lipinski definition) is 5. The Morgan fingerprint density at radius 2 is 1.94 bits per heavy atom. The summed E-state index contributed by atoms with van der Waals surface area (Å²) in [5.41, 5.74) is 0. The molecule has 0 heterocycles. The van der Waals surface area contributed by atoms with Crippen molar-refractivity contribution in [2.24, 2.45) is 11.8 Å². The van der Waals surface area contributed by atoms with Gasteiger partial charge in [0.2, 0.25) is 5.91 Å². The van der Waals surface area contributed by atoms with Crippen molar-refractivity contribution in [3.63, 3.8) is 0 Å². The van der Waals surface area contributed by atoms with Crippen molar-refractivity contribution in [2.75, 3.05) is 11.5 Å². The lowest BCUT2D eigenvalue weighted by Crippen LogP contribution is -2.41. The summed E-state index contributed by atoms with van der Waals surface area (Å²) in [6, 6.07) is 3.04. The van der Waals surface area contributed by atoms with E-state index in [1.807, 2.05) is 12.1 Å². The van der Waals surface area contributed by atoms with E-state index < -0.39 is 29.8 Å². The molecule has 0 radical (unpaired) electrons. The van der Waals surface area contributed by atoms with E-state index in [-0.39, 0.29) is 5.75 Å². The van der Waals surface area contributed by atoms with Gasteiger partial charge >= 0.3 is 5.97 Å². The van der Waals surface area contributed by atoms with Crippen LogP contribution < -0.4 is 5.32 Å². The van der Waals surface area contributed by atoms with Crippen LogP contribution >= 0.6 is 11.8 Å². The van der Waals surface area contributed by atoms with E-state index in [4.69, 9.17) is 15.6 Å². The third-order valence-electron chi connectivity index (χ3n) is 2.23. The lowest BCUT2D eigenvalue weighted by atomic mass is 9.99. The molecule has 0 aliphatic carbocycles. The second kappa shape index (κ2) is 8.37. The lowest BCUT2D eigenvalue weighted by Gasteiger charge is -2.14. The number of amides is 1. The van der Waals surface area contributed by atoms with Crippen LogP contribution in [0.4, 0.5) is 0 Å². The Bertz CT molecular complexity index is 386. The molecular formula is C11H15N3O3S. The molecule has 1 amide bonds. The fraction of sp³-hybridized carbons (Fsp3) is 0.636. The number of thioether (sulfide) groups is 1. The lowest BCUT2D eigenvalue weighted by molar-refractivity contribution is -0.140. The smallest absolute Gasteiger partial charge is 0.327 e. The van der Waals surface area contributed by atoms with Crippen LogP contribution in [0.2, 0.25) is 0 Å². The Kier molecular flexibility index (Phi) is 7.57. The number of carbonyl (C=O) groups excluding carboxylic acids is 1. The Labute approximate surface area is 110 Å². The number of nitrogens with one attached hydrogen (secondary N) is 1. The molecule has 2 unspecified atom stereocenters. The van der Waals surface area contributed by atoms with E-state index in [0.717, 1.165) is 0 Å². The third-order valence-corrected chi connectivity index (χ3v) is 3.39. The van der Waals surface area contributed by atoms with Crippen LogP contribution in [0.15, 0.2) is 0 Å². The van der Waals surface area contributed by atoms with Gasteiger partial charge in [0.1, 0.15) is 6.04 Å². The number of aliphatic carboxylic acids is 1. The summed E-state index contributed by atoms with van der Waals surface area (Å²) in [5, 5.41) is 28.7. The first-order chi connectivity index (χ1) is 8.42. The molecule has 18 heavy (non-hydrogen) atoms. The Balaban J connectivity index is 4.22. The first-order valence-electron chi connectivity index (χ1n) is 5.29. The SMILES string of the molecule is CC(=O)N[C@@H](CSCC(C#N)C(C)C#N)C(=O)O. The average molecular weight is 269 g/mol. The van der Waals surface area contributed by atoms with Crippen molar-refractivity contribution < 1.29 is 14.7 Å². The van der Waals surface area contributed by atoms with Crippen molar-refractivity contribution in [1.82, 2.24) is 5.32 Å². The summed E-state index contributed by atoms with van der Waals surface area (Å²) in [5.74, 6) is -1.82. The predicted molar refractivity (Wildman–Crippen MR) is 66.4 cm³/mol. The number of nitriles is 2. The molecule has 0 bridgehead atoms. The van der Waals surface area contributed by atoms with Crippen LogP contribution in [-0.2, 0) is 9.59 Å². The fourth-order valence-corrected chi connectivity index (χ4v) is 2.33. The molecule has 3 atom stereocenters. The number of rotatable bonds is 7. The van der Waals surface area contributed by atoms with Gasteiger partial charge in [-0.2, -0.15) is 22.3 Å². The van der Waals surface area contributed by atoms with Crippen molar-refractivity contribution in [3.8, 4) is 12.1 Å². The first kappa shape index (κ1) is 16.3. The van der Waals surface area contributed by atoms with Crippen LogP contribution in [0.3, 0.4) is 0 Å². The van der Waals surface area contributed by atoms with E-state index in [2.05, 4.69) is 5.32 Å². The van der Waals surface area contributed by atoms with Gasteiger partial charge < -0.3 is 10.4 Å². The monoisotopic (exact) mass is 269 g/mol. The van der Waals surface area contributed by atoms with Gasteiger partial charge in [0.15, 0.2) is 0 Å². The van der Waals surface area contributed by atoms with Crippen LogP contribution in [0.5, 0.6) is 0 Å². The van der Waals surface area contributed by atoms with Gasteiger partial charge in [-0.3, -0.25) is 4.79 Å². The highest BCUT2D eigenvalue weighted by atomic mass is 32.2. The van der Waals surface area contributed by atoms with E-state index in [1.54, 1.807) is 6.92 Å². The summed E-state index contributed by atoms with van der Waals surface area (Å²) >= 11 is 1.24. The zero-order valence-electron chi connectivity index (χ0n) is 10.2. The molecule has 7 heteroatoms. The highest BCUT2D eigenvalue weighted by Gasteiger charge is 2.21. The third kappa shape index (κ3) is 6.12. The molecule has 0 rings (SSSR count). The summed E-state index contributed by atoms with van der Waals surface area (Å²) in [6.07, 6.45) is 0. The summed E-state index contributed by atoms with van der Waals surface area (Å²) in [6.45, 7) is 2.90. The number of carboxylic acid groups (broad SMARTS) is 1. The molecule has 0 aromatic carbocycles. The van der Waals surface area contributed by atoms with E-state index >= 15 is 0 Å². The molecule has 0 aromatic heterocycles. The number of carbonyl (C=O) groups is 2. The van der Waals surface area contributed by atoms with Gasteiger partial charge in [-0.15, -0.1) is 0 Å². The van der Waals surface area contributed by atoms with Crippen LogP contribution in [-0.4, -0.2) is 34.5 Å². The minimum Gasteiger partial charge on any atom is -0.480 e. The normalized spacial score (nSPS) is 14.7. The molecule has 0 saturated carbocycles. The second-order valence-corrected chi connectivity index (χ2v) is 4.86. The summed E-state index contributed by atoms with van der Waals surface area (Å²) in [4.78, 5) is 21.6. The van der Waals surface area contributed by atoms with Crippen molar-refractivity contribution in [3.05, 3.63) is 0 Å². The molecule has 0 fully saturated rings. The largest absolute Gasteiger partial charge is 0.480 e. The van der Waals surface area contributed by atoms with Gasteiger partial charge in [-0.25, -0.2) is 4.79 Å². The van der Waals surface area contributed by atoms with Crippen LogP contribution in [0.1, 0.15) is 13.8 Å². The Morgan fingerprint density at radius 1 is 1.33 bits per heavy atom. The molecule has 98 valence electrons. The average Bonchev–Trinajstić information content (AvgIpc) is 2.31. The molecule has 2 N–H and O–H groups in total. The number of nitrogens with zero attached hydrogens (tertiary/aromatic N) is 2. The second-order valence-electron chi connectivity index (χ2n) is 3.78. The van der Waals surface area contributed by atoms with E-state index in [1.165, 1.54) is 18.7 Å². The summed E-state index contributed by atoms with van der Waals surface area (Å²) < 4.78 is 0. The maximum atomic E-state index is 10.8. The van der Waals surface area contributed by atoms with Crippen molar-refractivity contribution in [1.29, 1.82) is 10.5 Å². The van der Waals surface area contributed by atoms with Gasteiger partial charge in [-0.1, -0.05) is 0 Å². The first-order valence-corrected chi connectivity index (χ1v) is 6.44. The number of hydrogen-bond donors (Lipinski definition) is 2. The highest BCUT2D eigenvalue weighted by molar-refractivity contribution is 7.99. The molecule has 0 saturated heterocycles. The number of carboxylic acids is 1. The van der Waals surface area contributed by atoms with Crippen molar-refractivity contribution >= 4 is 23.6 Å². The highest BCUT2D eigenvalue weighted by Crippen LogP contribution is 2.17. The summed E-state index contributed by atoms with van der Waals surface area (Å²) in [7, 11) is 0. The molecule has 6 nitrogen and oxygen atoms in total. The Hall–Kier alpha value is -1.73. The standard InChI is InChI=1S/C11H15N3O3S/c1-7(3-12)9(4-13)5-18-6-10(11(16)17)14-8(2)15/h7,9-10H,5-6H2,1-2H3,(H,14,15)(H,16,17)/t7?,9?,10-/m0/s1. The van der Waals surface area contributed by atoms with E-state index in [9.17, 15) is 9.59 Å². The molecule has 0 aliphatic rings. The van der Waals surface area contributed by atoms with Crippen molar-refractivity contribution in [2.45, 2.75) is 19.9 Å². The fourth-order valence-electron chi connectivity index (χ4n) is 1.12. The zero-order valence-corrected chi connectivity index (χ0v) is 11.0. The predicted octanol–water partition coefficient (Wildman–Crippen LogP) is 0.608. The topological polar surface area (TPSA) is 114 Å². The Morgan fingerprint density at radius 3 is 2.33 bits per heavy atom. The quantitative estimate of drug-likeness (QED) is 0.699. The van der Waals surface area contributed by atoms with E-state index in [0.29, 0.717) is 5.75 Å². The van der Waals surface area contributed by atoms with Gasteiger partial charge in [0.05, 0.1) is 24.0 Å². The maximum Gasteiger partial charge on any atom is 0.327 e. The minimum absolute atomic E-state index is 0.172. The minimum atomic E-state index is -1.11. The molecule has 0 aliphatic heterocycles. The van der Waals surface area contributed by atoms with Gasteiger partial charge in [0.25, 0.3) is 0 Å². The van der Waals surface area contributed by atoms with Crippen LogP contribution in [0, 0.1) is 34.5 Å². The molecule has 0 aromatic rings. The van der Waals surface area contributed by atoms with Crippen LogP contribution in [0.25, 0.3) is 0 Å². The van der Waals surface area contributed by atoms with Gasteiger partial charge in [-0.05, 0) is 6.92 Å². The maximum absolute atomic E-state index is 10.8. The molecule has 0 spiro atoms.